The molecule has 1 unspecified atom stereocenters. The first-order valence-electron chi connectivity index (χ1n) is 6.25. The van der Waals surface area contributed by atoms with Gasteiger partial charge in [0.15, 0.2) is 14.9 Å². The van der Waals surface area contributed by atoms with Crippen LogP contribution in [0.4, 0.5) is 0 Å². The summed E-state index contributed by atoms with van der Waals surface area (Å²) in [4.78, 5) is 11.9. The van der Waals surface area contributed by atoms with Crippen molar-refractivity contribution in [3.8, 4) is 0 Å². The number of sulfone groups is 1. The molecule has 0 bridgehead atoms. The summed E-state index contributed by atoms with van der Waals surface area (Å²) in [5.41, 5.74) is 1.58. The molecular formula is C13H16N2O3S2. The molecule has 2 N–H and O–H groups in total. The van der Waals surface area contributed by atoms with E-state index in [4.69, 9.17) is 12.2 Å². The number of benzene rings is 1. The van der Waals surface area contributed by atoms with Crippen molar-refractivity contribution in [2.75, 3.05) is 11.5 Å². The van der Waals surface area contributed by atoms with Crippen LogP contribution in [0.25, 0.3) is 0 Å². The zero-order valence-corrected chi connectivity index (χ0v) is 12.7. The largest absolute Gasteiger partial charge is 0.359 e. The van der Waals surface area contributed by atoms with Gasteiger partial charge in [-0.1, -0.05) is 17.7 Å². The Hall–Kier alpha value is -1.47. The van der Waals surface area contributed by atoms with Crippen molar-refractivity contribution in [3.05, 3.63) is 35.4 Å². The fraction of sp³-hybridized carbons (Fsp3) is 0.385. The van der Waals surface area contributed by atoms with E-state index in [0.717, 1.165) is 5.56 Å². The van der Waals surface area contributed by atoms with Gasteiger partial charge in [0.25, 0.3) is 5.91 Å². The molecule has 1 heterocycles. The summed E-state index contributed by atoms with van der Waals surface area (Å²) in [6.07, 6.45) is 0.517. The minimum Gasteiger partial charge on any atom is -0.359 e. The summed E-state index contributed by atoms with van der Waals surface area (Å²) in [5, 5.41) is 5.59. The second-order valence-electron chi connectivity index (χ2n) is 4.89. The fourth-order valence-electron chi connectivity index (χ4n) is 2.01. The molecule has 0 aliphatic carbocycles. The lowest BCUT2D eigenvalue weighted by Gasteiger charge is -2.14. The topological polar surface area (TPSA) is 75.3 Å². The number of carbonyl (C=O) groups excluding carboxylic acids is 1. The number of rotatable bonds is 2. The molecule has 1 aliphatic heterocycles. The Morgan fingerprint density at radius 1 is 1.30 bits per heavy atom. The first-order valence-corrected chi connectivity index (χ1v) is 8.48. The Kier molecular flexibility index (Phi) is 4.39. The van der Waals surface area contributed by atoms with Gasteiger partial charge in [-0.15, -0.1) is 0 Å². The van der Waals surface area contributed by atoms with E-state index in [9.17, 15) is 13.2 Å². The number of carbonyl (C=O) groups is 1. The minimum absolute atomic E-state index is 0.0630. The molecule has 20 heavy (non-hydrogen) atoms. The van der Waals surface area contributed by atoms with Gasteiger partial charge in [0, 0.05) is 11.6 Å². The molecule has 1 saturated heterocycles. The maximum absolute atomic E-state index is 11.9. The average Bonchev–Trinajstić information content (AvgIpc) is 2.69. The zero-order valence-electron chi connectivity index (χ0n) is 11.0. The Labute approximate surface area is 123 Å². The molecule has 1 amide bonds. The quantitative estimate of drug-likeness (QED) is 0.790. The highest BCUT2D eigenvalue weighted by Gasteiger charge is 2.28. The van der Waals surface area contributed by atoms with Gasteiger partial charge in [0.05, 0.1) is 11.5 Å². The maximum atomic E-state index is 11.9. The van der Waals surface area contributed by atoms with E-state index in [1.807, 2.05) is 19.1 Å². The molecule has 5 nitrogen and oxygen atoms in total. The molecule has 0 radical (unpaired) electrons. The van der Waals surface area contributed by atoms with E-state index in [1.165, 1.54) is 0 Å². The van der Waals surface area contributed by atoms with E-state index in [0.29, 0.717) is 12.0 Å². The predicted molar refractivity (Wildman–Crippen MR) is 81.4 cm³/mol. The highest BCUT2D eigenvalue weighted by atomic mass is 32.2. The maximum Gasteiger partial charge on any atom is 0.257 e. The van der Waals surface area contributed by atoms with E-state index >= 15 is 0 Å². The summed E-state index contributed by atoms with van der Waals surface area (Å²) in [6, 6.07) is 6.90. The second kappa shape index (κ2) is 5.88. The van der Waals surface area contributed by atoms with Crippen LogP contribution < -0.4 is 10.6 Å². The Bertz CT molecular complexity index is 624. The van der Waals surface area contributed by atoms with Crippen LogP contribution in [0.2, 0.25) is 0 Å². The third kappa shape index (κ3) is 4.01. The van der Waals surface area contributed by atoms with E-state index < -0.39 is 9.84 Å². The van der Waals surface area contributed by atoms with Gasteiger partial charge in [0.2, 0.25) is 0 Å². The second-order valence-corrected chi connectivity index (χ2v) is 7.53. The van der Waals surface area contributed by atoms with Crippen molar-refractivity contribution >= 4 is 33.1 Å². The van der Waals surface area contributed by atoms with Crippen molar-refractivity contribution in [1.82, 2.24) is 10.6 Å². The molecule has 0 saturated carbocycles. The lowest BCUT2D eigenvalue weighted by atomic mass is 10.1. The molecule has 1 atom stereocenters. The normalized spacial score (nSPS) is 20.4. The third-order valence-corrected chi connectivity index (χ3v) is 5.10. The van der Waals surface area contributed by atoms with E-state index in [1.54, 1.807) is 12.1 Å². The van der Waals surface area contributed by atoms with Crippen molar-refractivity contribution in [1.29, 1.82) is 0 Å². The van der Waals surface area contributed by atoms with Gasteiger partial charge >= 0.3 is 0 Å². The van der Waals surface area contributed by atoms with Crippen LogP contribution in [0.1, 0.15) is 22.3 Å². The lowest BCUT2D eigenvalue weighted by Crippen LogP contribution is -2.44. The van der Waals surface area contributed by atoms with Crippen LogP contribution in [-0.4, -0.2) is 37.0 Å². The van der Waals surface area contributed by atoms with E-state index in [-0.39, 0.29) is 28.6 Å². The number of thiocarbonyl (C=S) groups is 1. The molecule has 0 aromatic heterocycles. The van der Waals surface area contributed by atoms with Crippen LogP contribution in [0, 0.1) is 6.92 Å². The molecule has 1 aromatic rings. The summed E-state index contributed by atoms with van der Waals surface area (Å²) >= 11 is 5.03. The Balaban J connectivity index is 1.88. The molecule has 108 valence electrons. The van der Waals surface area contributed by atoms with Crippen LogP contribution in [0.3, 0.4) is 0 Å². The molecular weight excluding hydrogens is 296 g/mol. The van der Waals surface area contributed by atoms with Crippen molar-refractivity contribution in [3.63, 3.8) is 0 Å². The monoisotopic (exact) mass is 312 g/mol. The van der Waals surface area contributed by atoms with Crippen molar-refractivity contribution < 1.29 is 13.2 Å². The lowest BCUT2D eigenvalue weighted by molar-refractivity contribution is 0.0976. The minimum atomic E-state index is -2.96. The van der Waals surface area contributed by atoms with Crippen molar-refractivity contribution in [2.45, 2.75) is 19.4 Å². The number of amides is 1. The highest BCUT2D eigenvalue weighted by molar-refractivity contribution is 7.91. The van der Waals surface area contributed by atoms with Crippen LogP contribution >= 0.6 is 12.2 Å². The number of hydrogen-bond acceptors (Lipinski definition) is 4. The summed E-state index contributed by atoms with van der Waals surface area (Å²) in [6.45, 7) is 1.94. The van der Waals surface area contributed by atoms with Gasteiger partial charge in [-0.2, -0.15) is 0 Å². The summed E-state index contributed by atoms with van der Waals surface area (Å²) in [7, 11) is -2.96. The van der Waals surface area contributed by atoms with E-state index in [2.05, 4.69) is 10.6 Å². The molecule has 1 aliphatic rings. The smallest absolute Gasteiger partial charge is 0.257 e. The van der Waals surface area contributed by atoms with Gasteiger partial charge < -0.3 is 5.32 Å². The van der Waals surface area contributed by atoms with Gasteiger partial charge in [0.1, 0.15) is 0 Å². The van der Waals surface area contributed by atoms with Gasteiger partial charge in [-0.25, -0.2) is 8.42 Å². The first kappa shape index (κ1) is 14.9. The van der Waals surface area contributed by atoms with Gasteiger partial charge in [-0.3, -0.25) is 10.1 Å². The number of aryl methyl sites for hydroxylation is 1. The zero-order chi connectivity index (χ0) is 14.8. The fourth-order valence-corrected chi connectivity index (χ4v) is 3.94. The SMILES string of the molecule is Cc1ccc(C(=O)NC(=S)NC2CCS(=O)(=O)C2)cc1. The van der Waals surface area contributed by atoms with Crippen molar-refractivity contribution in [2.24, 2.45) is 0 Å². The Morgan fingerprint density at radius 3 is 2.50 bits per heavy atom. The molecule has 1 fully saturated rings. The predicted octanol–water partition coefficient (Wildman–Crippen LogP) is 0.786. The van der Waals surface area contributed by atoms with Gasteiger partial charge in [-0.05, 0) is 37.7 Å². The summed E-state index contributed by atoms with van der Waals surface area (Å²) < 4.78 is 22.7. The van der Waals surface area contributed by atoms with Crippen LogP contribution in [0.15, 0.2) is 24.3 Å². The first-order chi connectivity index (χ1) is 9.35. The average molecular weight is 312 g/mol. The third-order valence-electron chi connectivity index (χ3n) is 3.11. The standard InChI is InChI=1S/C13H16N2O3S2/c1-9-2-4-10(5-3-9)12(16)15-13(19)14-11-6-7-20(17,18)8-11/h2-5,11H,6-8H2,1H3,(H2,14,15,16,19). The highest BCUT2D eigenvalue weighted by Crippen LogP contribution is 2.11. The number of hydrogen-bond donors (Lipinski definition) is 2. The van der Waals surface area contributed by atoms with Crippen LogP contribution in [-0.2, 0) is 9.84 Å². The number of nitrogens with one attached hydrogen (secondary N) is 2. The molecule has 2 rings (SSSR count). The van der Waals surface area contributed by atoms with Crippen LogP contribution in [0.5, 0.6) is 0 Å². The Morgan fingerprint density at radius 2 is 1.95 bits per heavy atom. The summed E-state index contributed by atoms with van der Waals surface area (Å²) in [5.74, 6) is -0.0736. The molecule has 7 heteroatoms. The molecule has 1 aromatic carbocycles. The molecule has 0 spiro atoms.